The summed E-state index contributed by atoms with van der Waals surface area (Å²) in [5, 5.41) is 6.70. The molecule has 0 amide bonds. The monoisotopic (exact) mass is 264 g/mol. The van der Waals surface area contributed by atoms with Gasteiger partial charge in [-0.3, -0.25) is 0 Å². The molecule has 0 bridgehead atoms. The van der Waals surface area contributed by atoms with E-state index in [0.717, 1.165) is 37.0 Å². The van der Waals surface area contributed by atoms with Crippen molar-refractivity contribution in [3.63, 3.8) is 0 Å². The fourth-order valence-corrected chi connectivity index (χ4v) is 1.54. The van der Waals surface area contributed by atoms with Crippen molar-refractivity contribution in [2.45, 2.75) is 53.9 Å². The van der Waals surface area contributed by atoms with E-state index in [9.17, 15) is 0 Å². The Kier molecular flexibility index (Phi) is 5.58. The van der Waals surface area contributed by atoms with E-state index < -0.39 is 0 Å². The van der Waals surface area contributed by atoms with Gasteiger partial charge in [0.25, 0.3) is 0 Å². The van der Waals surface area contributed by atoms with Crippen molar-refractivity contribution in [2.24, 2.45) is 5.41 Å². The second-order valence-corrected chi connectivity index (χ2v) is 6.05. The van der Waals surface area contributed by atoms with Crippen LogP contribution in [0.15, 0.2) is 6.07 Å². The molecule has 0 aliphatic heterocycles. The van der Waals surface area contributed by atoms with Crippen molar-refractivity contribution in [1.29, 1.82) is 0 Å². The van der Waals surface area contributed by atoms with E-state index in [0.29, 0.717) is 5.92 Å². The zero-order valence-electron chi connectivity index (χ0n) is 13.2. The summed E-state index contributed by atoms with van der Waals surface area (Å²) in [6, 6.07) is 1.99. The van der Waals surface area contributed by atoms with Crippen LogP contribution >= 0.6 is 0 Å². The maximum atomic E-state index is 4.59. The lowest BCUT2D eigenvalue weighted by atomic mass is 9.90. The predicted molar refractivity (Wildman–Crippen MR) is 82.8 cm³/mol. The molecule has 2 N–H and O–H groups in total. The first kappa shape index (κ1) is 15.7. The number of nitrogens with one attached hydrogen (secondary N) is 2. The third-order valence-corrected chi connectivity index (χ3v) is 3.32. The minimum atomic E-state index is 0.279. The SMILES string of the molecule is CCNc1cc(NCC(C)(C)CC)nc(C(C)C)n1. The van der Waals surface area contributed by atoms with Gasteiger partial charge in [0.2, 0.25) is 0 Å². The van der Waals surface area contributed by atoms with Crippen molar-refractivity contribution in [3.8, 4) is 0 Å². The topological polar surface area (TPSA) is 49.8 Å². The molecule has 108 valence electrons. The molecule has 0 aliphatic carbocycles. The molecule has 0 radical (unpaired) electrons. The molecule has 1 heterocycles. The normalized spacial score (nSPS) is 11.7. The van der Waals surface area contributed by atoms with E-state index in [-0.39, 0.29) is 5.41 Å². The second kappa shape index (κ2) is 6.73. The Hall–Kier alpha value is -1.32. The number of nitrogens with zero attached hydrogens (tertiary/aromatic N) is 2. The predicted octanol–water partition coefficient (Wildman–Crippen LogP) is 3.88. The zero-order valence-corrected chi connectivity index (χ0v) is 13.2. The fourth-order valence-electron chi connectivity index (χ4n) is 1.54. The average molecular weight is 264 g/mol. The Morgan fingerprint density at radius 1 is 1.11 bits per heavy atom. The van der Waals surface area contributed by atoms with Crippen LogP contribution in [-0.2, 0) is 0 Å². The van der Waals surface area contributed by atoms with Crippen LogP contribution < -0.4 is 10.6 Å². The van der Waals surface area contributed by atoms with Gasteiger partial charge < -0.3 is 10.6 Å². The van der Waals surface area contributed by atoms with E-state index in [1.807, 2.05) is 6.07 Å². The van der Waals surface area contributed by atoms with Crippen molar-refractivity contribution in [1.82, 2.24) is 9.97 Å². The molecule has 4 nitrogen and oxygen atoms in total. The van der Waals surface area contributed by atoms with Crippen molar-refractivity contribution in [3.05, 3.63) is 11.9 Å². The highest BCUT2D eigenvalue weighted by molar-refractivity contribution is 5.47. The summed E-state index contributed by atoms with van der Waals surface area (Å²) < 4.78 is 0. The van der Waals surface area contributed by atoms with E-state index in [1.54, 1.807) is 0 Å². The van der Waals surface area contributed by atoms with Crippen LogP contribution in [-0.4, -0.2) is 23.1 Å². The number of hydrogen-bond acceptors (Lipinski definition) is 4. The second-order valence-electron chi connectivity index (χ2n) is 6.05. The standard InChI is InChI=1S/C15H28N4/c1-7-15(5,6)10-17-13-9-12(16-8-2)18-14(19-13)11(3)4/h9,11H,7-8,10H2,1-6H3,(H2,16,17,18,19). The molecule has 1 aromatic heterocycles. The Morgan fingerprint density at radius 2 is 1.68 bits per heavy atom. The van der Waals surface area contributed by atoms with Gasteiger partial charge in [-0.15, -0.1) is 0 Å². The van der Waals surface area contributed by atoms with Crippen molar-refractivity contribution >= 4 is 11.6 Å². The molecule has 0 aliphatic rings. The first-order chi connectivity index (χ1) is 8.88. The summed E-state index contributed by atoms with van der Waals surface area (Å²) in [5.74, 6) is 3.03. The van der Waals surface area contributed by atoms with Gasteiger partial charge in [0, 0.05) is 25.1 Å². The first-order valence-corrected chi connectivity index (χ1v) is 7.24. The van der Waals surface area contributed by atoms with E-state index in [1.165, 1.54) is 0 Å². The summed E-state index contributed by atoms with van der Waals surface area (Å²) in [6.07, 6.45) is 1.14. The molecule has 0 aromatic carbocycles. The largest absolute Gasteiger partial charge is 0.370 e. The van der Waals surface area contributed by atoms with Crippen LogP contribution in [0, 0.1) is 5.41 Å². The van der Waals surface area contributed by atoms with Crippen LogP contribution in [0.3, 0.4) is 0 Å². The molecule has 0 saturated heterocycles. The number of anilines is 2. The molecule has 0 saturated carbocycles. The van der Waals surface area contributed by atoms with E-state index in [4.69, 9.17) is 0 Å². The van der Waals surface area contributed by atoms with Gasteiger partial charge in [0.15, 0.2) is 0 Å². The summed E-state index contributed by atoms with van der Waals surface area (Å²) in [5.41, 5.74) is 0.279. The molecule has 1 rings (SSSR count). The highest BCUT2D eigenvalue weighted by Crippen LogP contribution is 2.22. The molecule has 0 spiro atoms. The summed E-state index contributed by atoms with van der Waals surface area (Å²) >= 11 is 0. The molecular formula is C15H28N4. The third-order valence-electron chi connectivity index (χ3n) is 3.32. The van der Waals surface area contributed by atoms with Crippen molar-refractivity contribution in [2.75, 3.05) is 23.7 Å². The Labute approximate surface area is 117 Å². The third kappa shape index (κ3) is 5.05. The Balaban J connectivity index is 2.87. The molecule has 4 heteroatoms. The lowest BCUT2D eigenvalue weighted by molar-refractivity contribution is 0.376. The molecule has 0 fully saturated rings. The van der Waals surface area contributed by atoms with Crippen LogP contribution in [0.4, 0.5) is 11.6 Å². The summed E-state index contributed by atoms with van der Waals surface area (Å²) in [7, 11) is 0. The van der Waals surface area contributed by atoms with Gasteiger partial charge in [0.05, 0.1) is 0 Å². The smallest absolute Gasteiger partial charge is 0.135 e. The highest BCUT2D eigenvalue weighted by atomic mass is 15.1. The Bertz CT molecular complexity index is 399. The van der Waals surface area contributed by atoms with E-state index in [2.05, 4.69) is 62.1 Å². The molecule has 1 aromatic rings. The van der Waals surface area contributed by atoms with Crippen LogP contribution in [0.1, 0.15) is 59.7 Å². The lowest BCUT2D eigenvalue weighted by Crippen LogP contribution is -2.23. The van der Waals surface area contributed by atoms with Crippen LogP contribution in [0.25, 0.3) is 0 Å². The summed E-state index contributed by atoms with van der Waals surface area (Å²) in [4.78, 5) is 9.12. The lowest BCUT2D eigenvalue weighted by Gasteiger charge is -2.23. The summed E-state index contributed by atoms with van der Waals surface area (Å²) in [6.45, 7) is 14.8. The molecule has 0 atom stereocenters. The zero-order chi connectivity index (χ0) is 14.5. The van der Waals surface area contributed by atoms with Crippen LogP contribution in [0.2, 0.25) is 0 Å². The van der Waals surface area contributed by atoms with Gasteiger partial charge in [-0.2, -0.15) is 0 Å². The molecule has 19 heavy (non-hydrogen) atoms. The van der Waals surface area contributed by atoms with Crippen molar-refractivity contribution < 1.29 is 0 Å². The molecular weight excluding hydrogens is 236 g/mol. The maximum Gasteiger partial charge on any atom is 0.135 e. The quantitative estimate of drug-likeness (QED) is 0.784. The maximum absolute atomic E-state index is 4.59. The fraction of sp³-hybridized carbons (Fsp3) is 0.733. The van der Waals surface area contributed by atoms with E-state index >= 15 is 0 Å². The number of aromatic nitrogens is 2. The van der Waals surface area contributed by atoms with Gasteiger partial charge in [-0.1, -0.05) is 34.6 Å². The molecule has 0 unspecified atom stereocenters. The average Bonchev–Trinajstić information content (AvgIpc) is 2.37. The first-order valence-electron chi connectivity index (χ1n) is 7.24. The van der Waals surface area contributed by atoms with Gasteiger partial charge in [-0.05, 0) is 18.8 Å². The minimum absolute atomic E-state index is 0.279. The number of hydrogen-bond donors (Lipinski definition) is 2. The highest BCUT2D eigenvalue weighted by Gasteiger charge is 2.15. The number of rotatable bonds is 7. The van der Waals surface area contributed by atoms with Gasteiger partial charge in [-0.25, -0.2) is 9.97 Å². The van der Waals surface area contributed by atoms with Gasteiger partial charge >= 0.3 is 0 Å². The van der Waals surface area contributed by atoms with Crippen LogP contribution in [0.5, 0.6) is 0 Å². The van der Waals surface area contributed by atoms with Gasteiger partial charge in [0.1, 0.15) is 17.5 Å². The Morgan fingerprint density at radius 3 is 2.16 bits per heavy atom. The minimum Gasteiger partial charge on any atom is -0.370 e.